The van der Waals surface area contributed by atoms with Crippen molar-refractivity contribution in [2.24, 2.45) is 16.7 Å². The van der Waals surface area contributed by atoms with Gasteiger partial charge in [-0.15, -0.1) is 0 Å². The Morgan fingerprint density at radius 3 is 1.97 bits per heavy atom. The molecule has 2 saturated carbocycles. The lowest BCUT2D eigenvalue weighted by Gasteiger charge is -2.67. The molecule has 3 aromatic rings. The summed E-state index contributed by atoms with van der Waals surface area (Å²) in [6.07, 6.45) is -12.0. The number of ketones is 1. The number of aliphatic hydroxyl groups is 2. The molecule has 18 nitrogen and oxygen atoms in total. The first kappa shape index (κ1) is 51.1. The van der Waals surface area contributed by atoms with Crippen LogP contribution in [0.1, 0.15) is 106 Å². The second-order valence-electron chi connectivity index (χ2n) is 19.1. The van der Waals surface area contributed by atoms with Crippen molar-refractivity contribution in [3.63, 3.8) is 0 Å². The van der Waals surface area contributed by atoms with E-state index in [9.17, 15) is 44.1 Å². The Labute approximate surface area is 403 Å². The Balaban J connectivity index is 1.41. The van der Waals surface area contributed by atoms with Crippen LogP contribution in [0.2, 0.25) is 0 Å². The normalized spacial score (nSPS) is 29.4. The maximum Gasteiger partial charge on any atom is 0.350 e. The molecule has 372 valence electrons. The van der Waals surface area contributed by atoms with Crippen molar-refractivity contribution in [3.8, 4) is 0 Å². The summed E-state index contributed by atoms with van der Waals surface area (Å²) < 4.78 is 36.5. The second kappa shape index (κ2) is 19.9. The van der Waals surface area contributed by atoms with E-state index >= 15 is 9.59 Å². The first-order valence-electron chi connectivity index (χ1n) is 23.0. The van der Waals surface area contributed by atoms with E-state index in [1.807, 2.05) is 0 Å². The molecule has 4 aliphatic rings. The van der Waals surface area contributed by atoms with Crippen LogP contribution in [0.3, 0.4) is 0 Å². The number of amides is 1. The number of fused-ring (bicyclic) bond motifs is 5. The van der Waals surface area contributed by atoms with Gasteiger partial charge in [0.15, 0.2) is 17.5 Å². The number of hydrogen-bond donors (Lipinski definition) is 4. The summed E-state index contributed by atoms with van der Waals surface area (Å²) in [5.41, 5.74) is -7.67. The van der Waals surface area contributed by atoms with E-state index in [0.717, 1.165) is 13.8 Å². The zero-order valence-corrected chi connectivity index (χ0v) is 39.6. The molecular formula is C52H57NO17. The van der Waals surface area contributed by atoms with Gasteiger partial charge in [-0.1, -0.05) is 80.6 Å². The lowest BCUT2D eigenvalue weighted by molar-refractivity contribution is -0.346. The zero-order chi connectivity index (χ0) is 50.9. The number of aliphatic carboxylic acids is 1. The summed E-state index contributed by atoms with van der Waals surface area (Å²) in [6.45, 7) is 7.73. The molecule has 70 heavy (non-hydrogen) atoms. The molecule has 11 atom stereocenters. The highest BCUT2D eigenvalue weighted by atomic mass is 16.6. The van der Waals surface area contributed by atoms with E-state index in [-0.39, 0.29) is 47.3 Å². The Bertz CT molecular complexity index is 2560. The summed E-state index contributed by atoms with van der Waals surface area (Å²) in [6, 6.07) is 22.3. The Hall–Kier alpha value is -6.76. The largest absolute Gasteiger partial charge is 0.481 e. The molecular weight excluding hydrogens is 911 g/mol. The van der Waals surface area contributed by atoms with Crippen molar-refractivity contribution in [2.75, 3.05) is 6.61 Å². The Morgan fingerprint density at radius 2 is 1.41 bits per heavy atom. The fourth-order valence-corrected chi connectivity index (χ4v) is 10.9. The number of benzene rings is 3. The molecule has 0 spiro atoms. The average molecular weight is 968 g/mol. The summed E-state index contributed by atoms with van der Waals surface area (Å²) in [4.78, 5) is 110. The minimum Gasteiger partial charge on any atom is -0.481 e. The Kier molecular flexibility index (Phi) is 14.5. The van der Waals surface area contributed by atoms with Gasteiger partial charge in [-0.3, -0.25) is 28.8 Å². The van der Waals surface area contributed by atoms with Crippen LogP contribution in [-0.2, 0) is 57.2 Å². The number of aliphatic hydroxyl groups excluding tert-OH is 1. The number of hydrogen-bond acceptors (Lipinski definition) is 16. The lowest BCUT2D eigenvalue weighted by Crippen LogP contribution is -2.82. The van der Waals surface area contributed by atoms with Crippen LogP contribution in [0, 0.1) is 16.7 Å². The maximum atomic E-state index is 15.7. The van der Waals surface area contributed by atoms with Crippen LogP contribution < -0.4 is 5.32 Å². The third kappa shape index (κ3) is 9.34. The summed E-state index contributed by atoms with van der Waals surface area (Å²) in [7, 11) is 0. The topological polar surface area (TPSA) is 265 Å². The SMILES string of the molecule is CC(=O)O[C@H]1C(=O)[C@@]2(C)C(C(OC(=O)c3ccccc3)[C@]3(O)CC(OC(=O)C(OC(=O)CCCC(=O)O)C(NC(=O)c4ccccc4)c4ccccc4)C(C)=C1C3(C)C)C1(OC(C)=O)COC1C[C@@H]2O. The fraction of sp³-hybridized carbons (Fsp3) is 0.462. The van der Waals surface area contributed by atoms with Crippen molar-refractivity contribution in [3.05, 3.63) is 119 Å². The monoisotopic (exact) mass is 967 g/mol. The molecule has 1 saturated heterocycles. The van der Waals surface area contributed by atoms with Crippen molar-refractivity contribution in [1.82, 2.24) is 5.32 Å². The molecule has 3 fully saturated rings. The van der Waals surface area contributed by atoms with Crippen LogP contribution in [0.5, 0.6) is 0 Å². The van der Waals surface area contributed by atoms with E-state index < -0.39 is 137 Å². The molecule has 0 radical (unpaired) electrons. The van der Waals surface area contributed by atoms with Gasteiger partial charge in [0.05, 0.1) is 29.6 Å². The third-order valence-electron chi connectivity index (χ3n) is 14.5. The van der Waals surface area contributed by atoms with Crippen LogP contribution in [-0.4, -0.2) is 117 Å². The standard InChI is InChI=1S/C52H57NO17/c1-28-34(67-48(63)42(68-38(59)24-16-23-37(57)58)40(31-17-10-7-11-18-31)53-46(61)32-19-12-8-13-20-32)26-52(64)45(69-47(62)33-21-14-9-15-22-33)43-50(6,35(56)25-36-51(43,27-65-36)70-30(3)55)44(60)41(66-29(2)54)39(28)49(52,4)5/h7-15,17-22,34-36,40-43,45,56,64H,16,23-27H2,1-6H3,(H,53,61)(H,57,58)/t34?,35-,36?,40?,41+,42?,43?,45?,50+,51?,52+/m0/s1. The maximum absolute atomic E-state index is 15.7. The smallest absolute Gasteiger partial charge is 0.350 e. The van der Waals surface area contributed by atoms with Crippen LogP contribution >= 0.6 is 0 Å². The quantitative estimate of drug-likeness (QED) is 0.0925. The summed E-state index contributed by atoms with van der Waals surface area (Å²) in [5, 5.41) is 38.1. The molecule has 3 aliphatic carbocycles. The van der Waals surface area contributed by atoms with Gasteiger partial charge >= 0.3 is 35.8 Å². The second-order valence-corrected chi connectivity index (χ2v) is 19.1. The number of nitrogens with one attached hydrogen (secondary N) is 1. The molecule has 1 aliphatic heterocycles. The lowest BCUT2D eigenvalue weighted by atomic mass is 9.44. The molecule has 7 unspecified atom stereocenters. The number of ether oxygens (including phenoxy) is 6. The molecule has 18 heteroatoms. The van der Waals surface area contributed by atoms with Gasteiger partial charge in [-0.05, 0) is 61.2 Å². The van der Waals surface area contributed by atoms with Crippen molar-refractivity contribution in [1.29, 1.82) is 0 Å². The summed E-state index contributed by atoms with van der Waals surface area (Å²) >= 11 is 0. The van der Waals surface area contributed by atoms with Gasteiger partial charge < -0.3 is 49.1 Å². The van der Waals surface area contributed by atoms with E-state index in [0.29, 0.717) is 0 Å². The minimum absolute atomic E-state index is 0.0272. The fourth-order valence-electron chi connectivity index (χ4n) is 10.9. The summed E-state index contributed by atoms with van der Waals surface area (Å²) in [5.74, 6) is -9.41. The number of carboxylic acids is 1. The third-order valence-corrected chi connectivity index (χ3v) is 14.5. The Morgan fingerprint density at radius 1 is 0.814 bits per heavy atom. The van der Waals surface area contributed by atoms with Gasteiger partial charge in [0.1, 0.15) is 30.0 Å². The molecule has 2 bridgehead atoms. The van der Waals surface area contributed by atoms with E-state index in [2.05, 4.69) is 5.32 Å². The van der Waals surface area contributed by atoms with Crippen LogP contribution in [0.15, 0.2) is 102 Å². The van der Waals surface area contributed by atoms with E-state index in [1.54, 1.807) is 66.7 Å². The van der Waals surface area contributed by atoms with Gasteiger partial charge in [0, 0.05) is 50.5 Å². The number of Topliss-reactive ketones (excluding diaryl/α,β-unsaturated/α-hetero) is 1. The molecule has 0 aromatic heterocycles. The van der Waals surface area contributed by atoms with Crippen LogP contribution in [0.25, 0.3) is 0 Å². The molecule has 1 heterocycles. The first-order valence-corrected chi connectivity index (χ1v) is 23.0. The number of rotatable bonds is 15. The van der Waals surface area contributed by atoms with Gasteiger partial charge in [0.2, 0.25) is 6.10 Å². The highest BCUT2D eigenvalue weighted by Gasteiger charge is 2.78. The van der Waals surface area contributed by atoms with Crippen molar-refractivity contribution < 1.29 is 82.1 Å². The highest BCUT2D eigenvalue weighted by Crippen LogP contribution is 2.64. The predicted molar refractivity (Wildman–Crippen MR) is 243 cm³/mol. The van der Waals surface area contributed by atoms with Gasteiger partial charge in [-0.25, -0.2) is 9.59 Å². The van der Waals surface area contributed by atoms with Crippen molar-refractivity contribution >= 4 is 47.5 Å². The first-order chi connectivity index (χ1) is 33.1. The van der Waals surface area contributed by atoms with E-state index in [4.69, 9.17) is 28.4 Å². The van der Waals surface area contributed by atoms with Gasteiger partial charge in [0.25, 0.3) is 5.91 Å². The molecule has 4 N–H and O–H groups in total. The van der Waals surface area contributed by atoms with E-state index in [1.165, 1.54) is 52.0 Å². The number of esters is 5. The average Bonchev–Trinajstić information content (AvgIpc) is 3.31. The predicted octanol–water partition coefficient (Wildman–Crippen LogP) is 4.54. The van der Waals surface area contributed by atoms with Crippen LogP contribution in [0.4, 0.5) is 0 Å². The number of carbonyl (C=O) groups excluding carboxylic acids is 7. The number of carbonyl (C=O) groups is 8. The number of carboxylic acid groups (broad SMARTS) is 1. The van der Waals surface area contributed by atoms with Gasteiger partial charge in [-0.2, -0.15) is 0 Å². The minimum atomic E-state index is -2.49. The zero-order valence-electron chi connectivity index (χ0n) is 39.6. The molecule has 7 rings (SSSR count). The molecule has 1 amide bonds. The highest BCUT2D eigenvalue weighted by molar-refractivity contribution is 5.96. The molecule has 3 aromatic carbocycles. The van der Waals surface area contributed by atoms with Crippen molar-refractivity contribution in [2.45, 2.75) is 128 Å².